The van der Waals surface area contributed by atoms with Crippen molar-refractivity contribution in [2.75, 3.05) is 0 Å². The largest absolute Gasteiger partial charge is 0.479 e. The number of carboxylic acid groups (broad SMARTS) is 1. The van der Waals surface area contributed by atoms with Crippen molar-refractivity contribution < 1.29 is 14.6 Å². The van der Waals surface area contributed by atoms with E-state index in [0.29, 0.717) is 5.75 Å². The van der Waals surface area contributed by atoms with Crippen LogP contribution in [-0.2, 0) is 10.2 Å². The zero-order valence-electron chi connectivity index (χ0n) is 10.9. The number of benzene rings is 1. The standard InChI is InChI=1S/C14H20O3/c1-5-14(3,4)11-6-8-12(9-7-11)17-10(2)13(15)16/h6-10H,5H2,1-4H3,(H,15,16)/t10-/m1/s1. The van der Waals surface area contributed by atoms with Gasteiger partial charge in [0.05, 0.1) is 0 Å². The molecule has 0 unspecified atom stereocenters. The Balaban J connectivity index is 2.78. The second kappa shape index (κ2) is 5.21. The fourth-order valence-corrected chi connectivity index (χ4v) is 1.44. The minimum atomic E-state index is -0.956. The highest BCUT2D eigenvalue weighted by molar-refractivity contribution is 5.72. The number of rotatable bonds is 5. The summed E-state index contributed by atoms with van der Waals surface area (Å²) in [6, 6.07) is 7.64. The van der Waals surface area contributed by atoms with Gasteiger partial charge < -0.3 is 9.84 Å². The second-order valence-corrected chi connectivity index (χ2v) is 4.86. The van der Waals surface area contributed by atoms with Gasteiger partial charge in [0.2, 0.25) is 0 Å². The van der Waals surface area contributed by atoms with Gasteiger partial charge in [-0.25, -0.2) is 4.79 Å². The summed E-state index contributed by atoms with van der Waals surface area (Å²) in [5.41, 5.74) is 1.37. The van der Waals surface area contributed by atoms with Gasteiger partial charge in [0.1, 0.15) is 5.75 Å². The van der Waals surface area contributed by atoms with E-state index in [0.717, 1.165) is 6.42 Å². The number of ether oxygens (including phenoxy) is 1. The molecule has 0 saturated heterocycles. The topological polar surface area (TPSA) is 46.5 Å². The first kappa shape index (κ1) is 13.6. The van der Waals surface area contributed by atoms with Crippen LogP contribution in [-0.4, -0.2) is 17.2 Å². The van der Waals surface area contributed by atoms with Gasteiger partial charge in [-0.1, -0.05) is 32.9 Å². The lowest BCUT2D eigenvalue weighted by molar-refractivity contribution is -0.144. The summed E-state index contributed by atoms with van der Waals surface area (Å²) in [5.74, 6) is -0.362. The smallest absolute Gasteiger partial charge is 0.344 e. The predicted molar refractivity (Wildman–Crippen MR) is 67.5 cm³/mol. The van der Waals surface area contributed by atoms with Crippen LogP contribution in [0.15, 0.2) is 24.3 Å². The molecule has 0 saturated carbocycles. The molecule has 1 aromatic rings. The van der Waals surface area contributed by atoms with Crippen molar-refractivity contribution in [1.82, 2.24) is 0 Å². The quantitative estimate of drug-likeness (QED) is 0.853. The number of aliphatic carboxylic acids is 1. The van der Waals surface area contributed by atoms with Crippen molar-refractivity contribution >= 4 is 5.97 Å². The van der Waals surface area contributed by atoms with Gasteiger partial charge in [-0.15, -0.1) is 0 Å². The highest BCUT2D eigenvalue weighted by atomic mass is 16.5. The Morgan fingerprint density at radius 3 is 2.29 bits per heavy atom. The molecular weight excluding hydrogens is 216 g/mol. The number of carboxylic acids is 1. The molecule has 0 heterocycles. The molecule has 1 aromatic carbocycles. The molecule has 0 radical (unpaired) electrons. The zero-order chi connectivity index (χ0) is 13.1. The molecule has 1 rings (SSSR count). The average Bonchev–Trinajstić information content (AvgIpc) is 2.29. The fourth-order valence-electron chi connectivity index (χ4n) is 1.44. The highest BCUT2D eigenvalue weighted by Crippen LogP contribution is 2.28. The van der Waals surface area contributed by atoms with Gasteiger partial charge >= 0.3 is 5.97 Å². The van der Waals surface area contributed by atoms with E-state index >= 15 is 0 Å². The van der Waals surface area contributed by atoms with Crippen LogP contribution in [0.2, 0.25) is 0 Å². The molecular formula is C14H20O3. The molecule has 0 aliphatic heterocycles. The Morgan fingerprint density at radius 2 is 1.88 bits per heavy atom. The van der Waals surface area contributed by atoms with E-state index in [2.05, 4.69) is 20.8 Å². The lowest BCUT2D eigenvalue weighted by Crippen LogP contribution is -2.23. The molecule has 17 heavy (non-hydrogen) atoms. The minimum Gasteiger partial charge on any atom is -0.479 e. The summed E-state index contributed by atoms with van der Waals surface area (Å²) < 4.78 is 5.28. The van der Waals surface area contributed by atoms with Crippen molar-refractivity contribution in [2.45, 2.75) is 45.6 Å². The summed E-state index contributed by atoms with van der Waals surface area (Å²) in [7, 11) is 0. The third-order valence-corrected chi connectivity index (χ3v) is 3.18. The maximum atomic E-state index is 10.7. The summed E-state index contributed by atoms with van der Waals surface area (Å²) in [4.78, 5) is 10.7. The van der Waals surface area contributed by atoms with Crippen LogP contribution >= 0.6 is 0 Å². The van der Waals surface area contributed by atoms with Crippen LogP contribution in [0.4, 0.5) is 0 Å². The highest BCUT2D eigenvalue weighted by Gasteiger charge is 2.18. The number of carbonyl (C=O) groups is 1. The van der Waals surface area contributed by atoms with Crippen molar-refractivity contribution in [1.29, 1.82) is 0 Å². The summed E-state index contributed by atoms with van der Waals surface area (Å²) >= 11 is 0. The van der Waals surface area contributed by atoms with E-state index in [1.54, 1.807) is 0 Å². The van der Waals surface area contributed by atoms with Gasteiger partial charge in [0.15, 0.2) is 6.10 Å². The summed E-state index contributed by atoms with van der Waals surface area (Å²) in [6.07, 6.45) is 0.235. The molecule has 1 N–H and O–H groups in total. The monoisotopic (exact) mass is 236 g/mol. The molecule has 3 heteroatoms. The number of hydrogen-bond acceptors (Lipinski definition) is 2. The first-order valence-corrected chi connectivity index (χ1v) is 5.87. The van der Waals surface area contributed by atoms with Crippen LogP contribution in [0.3, 0.4) is 0 Å². The van der Waals surface area contributed by atoms with E-state index in [-0.39, 0.29) is 5.41 Å². The van der Waals surface area contributed by atoms with Gasteiger partial charge in [0.25, 0.3) is 0 Å². The van der Waals surface area contributed by atoms with Crippen molar-refractivity contribution in [2.24, 2.45) is 0 Å². The molecule has 0 aliphatic carbocycles. The zero-order valence-corrected chi connectivity index (χ0v) is 10.9. The van der Waals surface area contributed by atoms with Crippen molar-refractivity contribution in [3.8, 4) is 5.75 Å². The maximum absolute atomic E-state index is 10.7. The van der Waals surface area contributed by atoms with Gasteiger partial charge in [-0.05, 0) is 36.5 Å². The maximum Gasteiger partial charge on any atom is 0.344 e. The third-order valence-electron chi connectivity index (χ3n) is 3.18. The second-order valence-electron chi connectivity index (χ2n) is 4.86. The molecule has 3 nitrogen and oxygen atoms in total. The molecule has 0 fully saturated rings. The molecule has 0 aromatic heterocycles. The van der Waals surface area contributed by atoms with Crippen LogP contribution in [0.1, 0.15) is 39.7 Å². The lowest BCUT2D eigenvalue weighted by atomic mass is 9.82. The Labute approximate surface area is 102 Å². The summed E-state index contributed by atoms with van der Waals surface area (Å²) in [6.45, 7) is 8.04. The lowest BCUT2D eigenvalue weighted by Gasteiger charge is -2.23. The van der Waals surface area contributed by atoms with Gasteiger partial charge in [0, 0.05) is 0 Å². The molecule has 1 atom stereocenters. The third kappa shape index (κ3) is 3.48. The van der Waals surface area contributed by atoms with E-state index in [1.165, 1.54) is 12.5 Å². The summed E-state index contributed by atoms with van der Waals surface area (Å²) in [5, 5.41) is 8.74. The van der Waals surface area contributed by atoms with Crippen molar-refractivity contribution in [3.63, 3.8) is 0 Å². The fraction of sp³-hybridized carbons (Fsp3) is 0.500. The first-order valence-electron chi connectivity index (χ1n) is 5.87. The predicted octanol–water partition coefficient (Wildman–Crippen LogP) is 3.23. The van der Waals surface area contributed by atoms with E-state index in [9.17, 15) is 4.79 Å². The van der Waals surface area contributed by atoms with E-state index in [1.807, 2.05) is 24.3 Å². The first-order chi connectivity index (χ1) is 7.86. The Bertz CT molecular complexity index is 379. The van der Waals surface area contributed by atoms with Gasteiger partial charge in [-0.3, -0.25) is 0 Å². The Hall–Kier alpha value is -1.51. The molecule has 0 spiro atoms. The average molecular weight is 236 g/mol. The molecule has 94 valence electrons. The van der Waals surface area contributed by atoms with E-state index in [4.69, 9.17) is 9.84 Å². The van der Waals surface area contributed by atoms with Gasteiger partial charge in [-0.2, -0.15) is 0 Å². The minimum absolute atomic E-state index is 0.136. The van der Waals surface area contributed by atoms with Crippen LogP contribution in [0.25, 0.3) is 0 Å². The van der Waals surface area contributed by atoms with Crippen LogP contribution in [0.5, 0.6) is 5.75 Å². The number of hydrogen-bond donors (Lipinski definition) is 1. The van der Waals surface area contributed by atoms with Crippen LogP contribution < -0.4 is 4.74 Å². The Morgan fingerprint density at radius 1 is 1.35 bits per heavy atom. The van der Waals surface area contributed by atoms with E-state index < -0.39 is 12.1 Å². The SMILES string of the molecule is CCC(C)(C)c1ccc(O[C@H](C)C(=O)O)cc1. The molecule has 0 amide bonds. The van der Waals surface area contributed by atoms with Crippen LogP contribution in [0, 0.1) is 0 Å². The molecule has 0 aliphatic rings. The normalized spacial score (nSPS) is 13.2. The Kier molecular flexibility index (Phi) is 4.16. The van der Waals surface area contributed by atoms with Crippen molar-refractivity contribution in [3.05, 3.63) is 29.8 Å². The molecule has 0 bridgehead atoms.